The van der Waals surface area contributed by atoms with Gasteiger partial charge in [0, 0.05) is 37.4 Å². The molecule has 2 aromatic rings. The van der Waals surface area contributed by atoms with Crippen LogP contribution >= 0.6 is 0 Å². The van der Waals surface area contributed by atoms with E-state index in [1.165, 1.54) is 25.3 Å². The number of nitrogens with zero attached hydrogens (tertiary/aromatic N) is 2. The molecule has 0 radical (unpaired) electrons. The summed E-state index contributed by atoms with van der Waals surface area (Å²) in [7, 11) is -2.41. The first-order valence-corrected chi connectivity index (χ1v) is 10.3. The fourth-order valence-electron chi connectivity index (χ4n) is 3.26. The zero-order chi connectivity index (χ0) is 20.3. The Hall–Kier alpha value is -2.71. The molecule has 0 unspecified atom stereocenters. The Bertz CT molecular complexity index is 1000. The summed E-state index contributed by atoms with van der Waals surface area (Å²) in [5.41, 5.74) is 1.80. The molecule has 28 heavy (non-hydrogen) atoms. The van der Waals surface area contributed by atoms with Gasteiger partial charge in [-0.3, -0.25) is 4.79 Å². The van der Waals surface area contributed by atoms with Gasteiger partial charge in [-0.2, -0.15) is 0 Å². The first-order valence-electron chi connectivity index (χ1n) is 8.85. The van der Waals surface area contributed by atoms with Crippen LogP contribution in [0.2, 0.25) is 0 Å². The van der Waals surface area contributed by atoms with Gasteiger partial charge in [0.1, 0.15) is 5.82 Å². The number of hydrogen-bond acceptors (Lipinski definition) is 4. The van der Waals surface area contributed by atoms with E-state index in [1.54, 1.807) is 11.0 Å². The molecule has 1 fully saturated rings. The molecule has 0 atom stereocenters. The highest BCUT2D eigenvalue weighted by atomic mass is 32.2. The number of carbonyl (C=O) groups excluding carboxylic acids is 1. The van der Waals surface area contributed by atoms with Crippen molar-refractivity contribution in [2.75, 3.05) is 38.1 Å². The van der Waals surface area contributed by atoms with Crippen LogP contribution in [0.1, 0.15) is 0 Å². The van der Waals surface area contributed by atoms with Gasteiger partial charge in [-0.25, -0.2) is 17.5 Å². The van der Waals surface area contributed by atoms with Crippen molar-refractivity contribution in [2.24, 2.45) is 0 Å². The molecule has 6 nitrogen and oxygen atoms in total. The van der Waals surface area contributed by atoms with Crippen LogP contribution in [0.15, 0.2) is 60.0 Å². The number of anilines is 1. The summed E-state index contributed by atoms with van der Waals surface area (Å²) in [6.45, 7) is 5.96. The van der Waals surface area contributed by atoms with Crippen LogP contribution in [0, 0.1) is 5.82 Å². The molecule has 8 heteroatoms. The predicted octanol–water partition coefficient (Wildman–Crippen LogP) is 2.24. The van der Waals surface area contributed by atoms with Crippen LogP contribution < -0.4 is 9.62 Å². The largest absolute Gasteiger partial charge is 0.368 e. The Labute approximate surface area is 164 Å². The fraction of sp³-hybridized carbons (Fsp3) is 0.250. The Morgan fingerprint density at radius 3 is 2.50 bits per heavy atom. The molecule has 0 spiro atoms. The van der Waals surface area contributed by atoms with E-state index in [0.717, 1.165) is 11.8 Å². The minimum atomic E-state index is -3.74. The van der Waals surface area contributed by atoms with Gasteiger partial charge >= 0.3 is 0 Å². The number of halogens is 1. The summed E-state index contributed by atoms with van der Waals surface area (Å²) in [5.74, 6) is -0.595. The highest BCUT2D eigenvalue weighted by Gasteiger charge is 2.22. The number of amides is 1. The predicted molar refractivity (Wildman–Crippen MR) is 107 cm³/mol. The molecule has 0 saturated carbocycles. The lowest BCUT2D eigenvalue weighted by atomic mass is 10.0. The number of carbonyl (C=O) groups is 1. The van der Waals surface area contributed by atoms with Crippen molar-refractivity contribution in [1.29, 1.82) is 0 Å². The number of piperazine rings is 1. The van der Waals surface area contributed by atoms with Gasteiger partial charge < -0.3 is 9.80 Å². The molecular formula is C20H22FN3O3S. The molecular weight excluding hydrogens is 381 g/mol. The highest BCUT2D eigenvalue weighted by Crippen LogP contribution is 2.31. The summed E-state index contributed by atoms with van der Waals surface area (Å²) >= 11 is 0. The number of benzene rings is 2. The van der Waals surface area contributed by atoms with Crippen LogP contribution in [0.25, 0.3) is 11.1 Å². The maximum Gasteiger partial charge on any atom is 0.246 e. The van der Waals surface area contributed by atoms with E-state index in [9.17, 15) is 17.6 Å². The van der Waals surface area contributed by atoms with Crippen molar-refractivity contribution in [3.05, 3.63) is 60.9 Å². The lowest BCUT2D eigenvalue weighted by Crippen LogP contribution is -2.48. The van der Waals surface area contributed by atoms with Crippen molar-refractivity contribution >= 4 is 21.6 Å². The Kier molecular flexibility index (Phi) is 5.81. The number of sulfonamides is 1. The van der Waals surface area contributed by atoms with Gasteiger partial charge in [-0.05, 0) is 49.0 Å². The van der Waals surface area contributed by atoms with E-state index < -0.39 is 15.8 Å². The second kappa shape index (κ2) is 8.12. The lowest BCUT2D eigenvalue weighted by molar-refractivity contribution is -0.126. The monoisotopic (exact) mass is 403 g/mol. The van der Waals surface area contributed by atoms with Crippen LogP contribution in [-0.2, 0) is 14.8 Å². The van der Waals surface area contributed by atoms with E-state index in [0.29, 0.717) is 37.3 Å². The first kappa shape index (κ1) is 20.0. The molecule has 0 aromatic heterocycles. The van der Waals surface area contributed by atoms with Crippen molar-refractivity contribution in [3.8, 4) is 11.1 Å². The molecule has 2 aromatic carbocycles. The smallest absolute Gasteiger partial charge is 0.246 e. The van der Waals surface area contributed by atoms with E-state index in [2.05, 4.69) is 16.2 Å². The zero-order valence-electron chi connectivity index (χ0n) is 15.6. The minimum Gasteiger partial charge on any atom is -0.368 e. The fourth-order valence-corrected chi connectivity index (χ4v) is 4.19. The van der Waals surface area contributed by atoms with E-state index in [-0.39, 0.29) is 10.8 Å². The number of hydrogen-bond donors (Lipinski definition) is 1. The summed E-state index contributed by atoms with van der Waals surface area (Å²) in [5, 5.41) is 0. The molecule has 1 amide bonds. The molecule has 0 aliphatic carbocycles. The third-order valence-corrected chi connectivity index (χ3v) is 6.26. The van der Waals surface area contributed by atoms with Crippen LogP contribution in [-0.4, -0.2) is 52.5 Å². The maximum atomic E-state index is 13.9. The van der Waals surface area contributed by atoms with E-state index in [1.807, 2.05) is 18.2 Å². The summed E-state index contributed by atoms with van der Waals surface area (Å²) in [6.07, 6.45) is 1.31. The summed E-state index contributed by atoms with van der Waals surface area (Å²) in [6, 6.07) is 11.0. The highest BCUT2D eigenvalue weighted by molar-refractivity contribution is 7.89. The van der Waals surface area contributed by atoms with Crippen LogP contribution in [0.5, 0.6) is 0 Å². The summed E-state index contributed by atoms with van der Waals surface area (Å²) < 4.78 is 40.8. The molecule has 1 aliphatic heterocycles. The maximum absolute atomic E-state index is 13.9. The molecule has 3 rings (SSSR count). The standard InChI is InChI=1S/C20H22FN3O3S/c1-3-20(25)24-11-9-23(10-12-24)17-6-4-5-15(13-17)18-14-16(21)7-8-19(18)28(26,27)22-2/h3-8,13-14,22H,1,9-12H2,2H3. The molecule has 1 saturated heterocycles. The van der Waals surface area contributed by atoms with Gasteiger partial charge in [-0.15, -0.1) is 0 Å². The normalized spacial score (nSPS) is 14.8. The van der Waals surface area contributed by atoms with Gasteiger partial charge in [0.15, 0.2) is 0 Å². The lowest BCUT2D eigenvalue weighted by Gasteiger charge is -2.35. The quantitative estimate of drug-likeness (QED) is 0.778. The molecule has 1 aliphatic rings. The second-order valence-electron chi connectivity index (χ2n) is 6.41. The SMILES string of the molecule is C=CC(=O)N1CCN(c2cccc(-c3cc(F)ccc3S(=O)(=O)NC)c2)CC1. The van der Waals surface area contributed by atoms with Gasteiger partial charge in [0.25, 0.3) is 0 Å². The second-order valence-corrected chi connectivity index (χ2v) is 8.27. The number of nitrogens with one attached hydrogen (secondary N) is 1. The number of rotatable bonds is 5. The minimum absolute atomic E-state index is 0.0231. The van der Waals surface area contributed by atoms with E-state index in [4.69, 9.17) is 0 Å². The average Bonchev–Trinajstić information content (AvgIpc) is 2.73. The average molecular weight is 403 g/mol. The molecule has 1 N–H and O–H groups in total. The third-order valence-electron chi connectivity index (χ3n) is 4.79. The topological polar surface area (TPSA) is 69.7 Å². The Morgan fingerprint density at radius 1 is 1.14 bits per heavy atom. The van der Waals surface area contributed by atoms with Crippen LogP contribution in [0.3, 0.4) is 0 Å². The van der Waals surface area contributed by atoms with Crippen LogP contribution in [0.4, 0.5) is 10.1 Å². The van der Waals surface area contributed by atoms with Crippen molar-refractivity contribution in [1.82, 2.24) is 9.62 Å². The Balaban J connectivity index is 1.92. The third kappa shape index (κ3) is 4.07. The van der Waals surface area contributed by atoms with Crippen molar-refractivity contribution in [3.63, 3.8) is 0 Å². The molecule has 1 heterocycles. The summed E-state index contributed by atoms with van der Waals surface area (Å²) in [4.78, 5) is 15.6. The van der Waals surface area contributed by atoms with Crippen molar-refractivity contribution < 1.29 is 17.6 Å². The van der Waals surface area contributed by atoms with Crippen molar-refractivity contribution in [2.45, 2.75) is 4.90 Å². The van der Waals surface area contributed by atoms with Gasteiger partial charge in [-0.1, -0.05) is 18.7 Å². The Morgan fingerprint density at radius 2 is 1.86 bits per heavy atom. The first-order chi connectivity index (χ1) is 13.4. The van der Waals surface area contributed by atoms with Gasteiger partial charge in [0.05, 0.1) is 4.90 Å². The zero-order valence-corrected chi connectivity index (χ0v) is 16.4. The van der Waals surface area contributed by atoms with E-state index >= 15 is 0 Å². The molecule has 0 bridgehead atoms. The van der Waals surface area contributed by atoms with Gasteiger partial charge in [0.2, 0.25) is 15.9 Å². The molecule has 148 valence electrons.